The molecule has 4 nitrogen and oxygen atoms in total. The number of Topliss-reactive ketones (excluding diaryl/α,β-unsaturated/α-hetero) is 1. The molecule has 1 amide bonds. The Morgan fingerprint density at radius 2 is 1.78 bits per heavy atom. The summed E-state index contributed by atoms with van der Waals surface area (Å²) in [5, 5.41) is -0.674. The molecule has 0 unspecified atom stereocenters. The Balaban J connectivity index is 0.000000280. The Morgan fingerprint density at radius 3 is 2.33 bits per heavy atom. The number of hydrogen-bond acceptors (Lipinski definition) is 3. The molecule has 8 heteroatoms. The molecule has 0 saturated carbocycles. The standard InChI is InChI=1S/C10H9NO2.Cl3OP/c1-6-2-3-8-7(4-6)5-9(12)10(13)11-8;1-5(2,3)4/h2-4H,5H2,1H3,(H,11,13);. The summed E-state index contributed by atoms with van der Waals surface area (Å²) in [6, 6.07) is 5.66. The molecule has 0 aliphatic carbocycles. The number of rotatable bonds is 0. The minimum absolute atomic E-state index is 0.225. The summed E-state index contributed by atoms with van der Waals surface area (Å²) in [5.74, 6) is -0.866. The van der Waals surface area contributed by atoms with Crippen LogP contribution in [-0.2, 0) is 20.6 Å². The van der Waals surface area contributed by atoms with E-state index in [-0.39, 0.29) is 12.2 Å². The van der Waals surface area contributed by atoms with Crippen molar-refractivity contribution in [1.29, 1.82) is 0 Å². The number of fused-ring (bicyclic) bond motifs is 1. The lowest BCUT2D eigenvalue weighted by Crippen LogP contribution is -2.29. The molecule has 0 aromatic heterocycles. The fourth-order valence-electron chi connectivity index (χ4n) is 1.44. The molecule has 2 rings (SSSR count). The highest BCUT2D eigenvalue weighted by Gasteiger charge is 2.22. The first-order valence-corrected chi connectivity index (χ1v) is 9.21. The van der Waals surface area contributed by atoms with Gasteiger partial charge in [0.2, 0.25) is 5.78 Å². The molecule has 1 aliphatic heterocycles. The highest BCUT2D eigenvalue weighted by atomic mass is 36.0. The van der Waals surface area contributed by atoms with Gasteiger partial charge in [-0.1, -0.05) is 17.7 Å². The lowest BCUT2D eigenvalue weighted by molar-refractivity contribution is -0.134. The predicted octanol–water partition coefficient (Wildman–Crippen LogP) is 3.87. The third kappa shape index (κ3) is 5.40. The van der Waals surface area contributed by atoms with Crippen molar-refractivity contribution in [3.8, 4) is 0 Å². The molecule has 0 spiro atoms. The van der Waals surface area contributed by atoms with Gasteiger partial charge in [-0.2, -0.15) is 0 Å². The van der Waals surface area contributed by atoms with Crippen LogP contribution in [0.25, 0.3) is 0 Å². The zero-order valence-electron chi connectivity index (χ0n) is 9.25. The minimum atomic E-state index is -3.22. The van der Waals surface area contributed by atoms with Gasteiger partial charge in [-0.25, -0.2) is 0 Å². The first-order valence-electron chi connectivity index (χ1n) is 4.79. The second kappa shape index (κ2) is 6.07. The molecular weight excluding hydrogens is 319 g/mol. The minimum Gasteiger partial charge on any atom is -0.319 e. The third-order valence-electron chi connectivity index (χ3n) is 2.11. The van der Waals surface area contributed by atoms with Crippen LogP contribution in [-0.4, -0.2) is 11.7 Å². The van der Waals surface area contributed by atoms with E-state index in [9.17, 15) is 14.2 Å². The van der Waals surface area contributed by atoms with E-state index in [0.29, 0.717) is 0 Å². The van der Waals surface area contributed by atoms with Crippen molar-refractivity contribution in [3.05, 3.63) is 29.3 Å². The Hall–Kier alpha value is -0.540. The van der Waals surface area contributed by atoms with E-state index in [0.717, 1.165) is 16.8 Å². The van der Waals surface area contributed by atoms with Crippen molar-refractivity contribution in [1.82, 2.24) is 0 Å². The Morgan fingerprint density at radius 1 is 1.22 bits per heavy atom. The topological polar surface area (TPSA) is 63.2 Å². The number of amides is 1. The first kappa shape index (κ1) is 15.5. The molecule has 1 aromatic rings. The molecule has 1 aromatic carbocycles. The van der Waals surface area contributed by atoms with Gasteiger partial charge in [0.25, 0.3) is 5.91 Å². The predicted molar refractivity (Wildman–Crippen MR) is 73.7 cm³/mol. The largest absolute Gasteiger partial charge is 0.339 e. The highest BCUT2D eigenvalue weighted by molar-refractivity contribution is 8.24. The number of halogens is 3. The fraction of sp³-hybridized carbons (Fsp3) is 0.200. The zero-order valence-corrected chi connectivity index (χ0v) is 12.4. The van der Waals surface area contributed by atoms with Crippen molar-refractivity contribution in [2.45, 2.75) is 13.3 Å². The molecule has 0 atom stereocenters. The van der Waals surface area contributed by atoms with E-state index in [1.54, 1.807) is 0 Å². The third-order valence-corrected chi connectivity index (χ3v) is 2.11. The van der Waals surface area contributed by atoms with Crippen LogP contribution >= 0.6 is 38.9 Å². The summed E-state index contributed by atoms with van der Waals surface area (Å²) in [7, 11) is 0. The number of aryl methyl sites for hydroxylation is 1. The van der Waals surface area contributed by atoms with E-state index in [1.807, 2.05) is 25.1 Å². The molecule has 0 bridgehead atoms. The summed E-state index contributed by atoms with van der Waals surface area (Å²) < 4.78 is 9.51. The van der Waals surface area contributed by atoms with Crippen LogP contribution < -0.4 is 5.32 Å². The van der Waals surface area contributed by atoms with E-state index < -0.39 is 11.1 Å². The first-order chi connectivity index (χ1) is 8.16. The van der Waals surface area contributed by atoms with Gasteiger partial charge in [0.1, 0.15) is 0 Å². The van der Waals surface area contributed by atoms with Gasteiger partial charge in [-0.15, -0.1) is 0 Å². The molecule has 0 saturated heterocycles. The smallest absolute Gasteiger partial charge is 0.319 e. The Kier molecular flexibility index (Phi) is 5.23. The van der Waals surface area contributed by atoms with Crippen molar-refractivity contribution in [2.24, 2.45) is 0 Å². The number of carbonyl (C=O) groups excluding carboxylic acids is 2. The van der Waals surface area contributed by atoms with Gasteiger partial charge >= 0.3 is 5.20 Å². The second-order valence-corrected chi connectivity index (χ2v) is 10.3. The monoisotopic (exact) mass is 327 g/mol. The summed E-state index contributed by atoms with van der Waals surface area (Å²) >= 11 is 13.8. The second-order valence-electron chi connectivity index (χ2n) is 3.61. The highest BCUT2D eigenvalue weighted by Crippen LogP contribution is 2.61. The van der Waals surface area contributed by atoms with Crippen LogP contribution in [0.1, 0.15) is 11.1 Å². The number of ketones is 1. The Bertz CT molecular complexity index is 533. The van der Waals surface area contributed by atoms with Gasteiger partial charge in [0, 0.05) is 12.1 Å². The van der Waals surface area contributed by atoms with E-state index >= 15 is 0 Å². The average Bonchev–Trinajstić information content (AvgIpc) is 2.18. The van der Waals surface area contributed by atoms with Gasteiger partial charge < -0.3 is 5.32 Å². The maximum atomic E-state index is 11.1. The zero-order chi connectivity index (χ0) is 13.9. The molecule has 1 N–H and O–H groups in total. The molecule has 0 radical (unpaired) electrons. The number of nitrogens with one attached hydrogen (secondary N) is 1. The SMILES string of the molecule is Cc1ccc2c(c1)CC(=O)C(=O)N2.O=P(Cl)(Cl)Cl. The van der Waals surface area contributed by atoms with Gasteiger partial charge in [-0.05, 0) is 52.3 Å². The maximum absolute atomic E-state index is 11.1. The molecular formula is C10H9Cl3NO3P. The lowest BCUT2D eigenvalue weighted by atomic mass is 10.0. The molecule has 1 heterocycles. The van der Waals surface area contributed by atoms with Gasteiger partial charge in [-0.3, -0.25) is 14.2 Å². The van der Waals surface area contributed by atoms with Crippen LogP contribution in [0.4, 0.5) is 5.69 Å². The summed E-state index contributed by atoms with van der Waals surface area (Å²) in [6.07, 6.45) is 0.225. The normalized spacial score (nSPS) is 14.2. The van der Waals surface area contributed by atoms with E-state index in [4.69, 9.17) is 0 Å². The van der Waals surface area contributed by atoms with Crippen molar-refractivity contribution in [3.63, 3.8) is 0 Å². The van der Waals surface area contributed by atoms with Gasteiger partial charge in [0.05, 0.1) is 0 Å². The van der Waals surface area contributed by atoms with Crippen LogP contribution in [0, 0.1) is 6.92 Å². The molecule has 98 valence electrons. The molecule has 18 heavy (non-hydrogen) atoms. The van der Waals surface area contributed by atoms with Crippen molar-refractivity contribution >= 4 is 56.3 Å². The summed E-state index contributed by atoms with van der Waals surface area (Å²) in [5.41, 5.74) is 2.77. The number of carbonyl (C=O) groups is 2. The number of hydrogen-bond donors (Lipinski definition) is 1. The lowest BCUT2D eigenvalue weighted by Gasteiger charge is -2.15. The molecule has 0 fully saturated rings. The van der Waals surface area contributed by atoms with E-state index in [1.165, 1.54) is 0 Å². The fourth-order valence-corrected chi connectivity index (χ4v) is 1.44. The van der Waals surface area contributed by atoms with Crippen molar-refractivity contribution in [2.75, 3.05) is 5.32 Å². The van der Waals surface area contributed by atoms with Crippen molar-refractivity contribution < 1.29 is 14.2 Å². The van der Waals surface area contributed by atoms with Crippen LogP contribution in [0.15, 0.2) is 18.2 Å². The van der Waals surface area contributed by atoms with E-state index in [2.05, 4.69) is 39.0 Å². The van der Waals surface area contributed by atoms with Crippen LogP contribution in [0.2, 0.25) is 0 Å². The molecule has 1 aliphatic rings. The van der Waals surface area contributed by atoms with Gasteiger partial charge in [0.15, 0.2) is 0 Å². The number of anilines is 1. The summed E-state index contributed by atoms with van der Waals surface area (Å²) in [4.78, 5) is 22.0. The average molecular weight is 329 g/mol. The maximum Gasteiger partial charge on any atom is 0.339 e. The quantitative estimate of drug-likeness (QED) is 0.581. The Labute approximate surface area is 118 Å². The number of benzene rings is 1. The van der Waals surface area contributed by atoms with Crippen LogP contribution in [0.3, 0.4) is 0 Å². The van der Waals surface area contributed by atoms with Crippen LogP contribution in [0.5, 0.6) is 0 Å². The summed E-state index contributed by atoms with van der Waals surface area (Å²) in [6.45, 7) is 1.96.